The molecule has 1 rings (SSSR count). The Morgan fingerprint density at radius 2 is 2.43 bits per heavy atom. The topological polar surface area (TPSA) is 44.1 Å². The zero-order chi connectivity index (χ0) is 10.6. The highest BCUT2D eigenvalue weighted by Gasteiger charge is 2.20. The van der Waals surface area contributed by atoms with Crippen LogP contribution in [0.25, 0.3) is 0 Å². The molecule has 4 nitrogen and oxygen atoms in total. The highest BCUT2D eigenvalue weighted by Crippen LogP contribution is 2.14. The maximum absolute atomic E-state index is 11.5. The molecule has 0 saturated heterocycles. The van der Waals surface area contributed by atoms with Gasteiger partial charge in [-0.15, -0.1) is 0 Å². The standard InChI is InChI=1S/C9H13IN2O2/c1-3-8(9(13)14-4-2)12-6-7(10)5-11-12/h5-6,8H,3-4H2,1-2H3. The Kier molecular flexibility index (Phi) is 4.37. The van der Waals surface area contributed by atoms with Gasteiger partial charge in [0.25, 0.3) is 0 Å². The van der Waals surface area contributed by atoms with Gasteiger partial charge in [-0.3, -0.25) is 4.68 Å². The summed E-state index contributed by atoms with van der Waals surface area (Å²) in [5.74, 6) is -0.213. The fraction of sp³-hybridized carbons (Fsp3) is 0.556. The SMILES string of the molecule is CCOC(=O)C(CC)n1cc(I)cn1. The van der Waals surface area contributed by atoms with Crippen LogP contribution in [0.3, 0.4) is 0 Å². The first kappa shape index (κ1) is 11.5. The summed E-state index contributed by atoms with van der Waals surface area (Å²) < 4.78 is 7.63. The van der Waals surface area contributed by atoms with Gasteiger partial charge in [-0.05, 0) is 35.9 Å². The van der Waals surface area contributed by atoms with Crippen molar-refractivity contribution in [2.45, 2.75) is 26.3 Å². The van der Waals surface area contributed by atoms with E-state index in [0.717, 1.165) is 3.57 Å². The number of esters is 1. The minimum absolute atomic E-state index is 0.213. The first-order valence-electron chi connectivity index (χ1n) is 4.55. The minimum atomic E-state index is -0.293. The van der Waals surface area contributed by atoms with Gasteiger partial charge in [-0.1, -0.05) is 6.92 Å². The van der Waals surface area contributed by atoms with Crippen molar-refractivity contribution in [1.82, 2.24) is 9.78 Å². The van der Waals surface area contributed by atoms with Gasteiger partial charge in [0.15, 0.2) is 0 Å². The van der Waals surface area contributed by atoms with Crippen molar-refractivity contribution < 1.29 is 9.53 Å². The molecule has 1 heterocycles. The Bertz CT molecular complexity index is 312. The van der Waals surface area contributed by atoms with Crippen LogP contribution in [-0.4, -0.2) is 22.4 Å². The molecule has 0 fully saturated rings. The molecule has 1 unspecified atom stereocenters. The van der Waals surface area contributed by atoms with E-state index in [1.54, 1.807) is 17.8 Å². The van der Waals surface area contributed by atoms with Crippen LogP contribution in [0, 0.1) is 3.57 Å². The highest BCUT2D eigenvalue weighted by atomic mass is 127. The minimum Gasteiger partial charge on any atom is -0.464 e. The number of ether oxygens (including phenoxy) is 1. The molecule has 1 atom stereocenters. The summed E-state index contributed by atoms with van der Waals surface area (Å²) in [6.07, 6.45) is 4.25. The summed E-state index contributed by atoms with van der Waals surface area (Å²) in [6, 6.07) is -0.293. The predicted octanol–water partition coefficient (Wildman–Crippen LogP) is 2.00. The van der Waals surface area contributed by atoms with Crippen LogP contribution in [-0.2, 0) is 9.53 Å². The lowest BCUT2D eigenvalue weighted by molar-refractivity contribution is -0.147. The number of hydrogen-bond acceptors (Lipinski definition) is 3. The number of hydrogen-bond donors (Lipinski definition) is 0. The third-order valence-electron chi connectivity index (χ3n) is 1.83. The fourth-order valence-electron chi connectivity index (χ4n) is 1.19. The van der Waals surface area contributed by atoms with Gasteiger partial charge < -0.3 is 4.74 Å². The number of carbonyl (C=O) groups excluding carboxylic acids is 1. The van der Waals surface area contributed by atoms with Crippen molar-refractivity contribution in [3.8, 4) is 0 Å². The quantitative estimate of drug-likeness (QED) is 0.631. The van der Waals surface area contributed by atoms with Crippen LogP contribution < -0.4 is 0 Å². The van der Waals surface area contributed by atoms with Gasteiger partial charge in [0.05, 0.1) is 16.4 Å². The first-order valence-corrected chi connectivity index (χ1v) is 5.63. The van der Waals surface area contributed by atoms with E-state index in [4.69, 9.17) is 4.74 Å². The molecule has 1 aromatic heterocycles. The second-order valence-electron chi connectivity index (χ2n) is 2.81. The van der Waals surface area contributed by atoms with Gasteiger partial charge in [0.2, 0.25) is 0 Å². The molecule has 0 bridgehead atoms. The van der Waals surface area contributed by atoms with Crippen molar-refractivity contribution in [1.29, 1.82) is 0 Å². The summed E-state index contributed by atoms with van der Waals surface area (Å²) in [5, 5.41) is 4.10. The molecule has 0 spiro atoms. The van der Waals surface area contributed by atoms with Crippen molar-refractivity contribution in [3.05, 3.63) is 16.0 Å². The second-order valence-corrected chi connectivity index (χ2v) is 4.06. The second kappa shape index (κ2) is 5.33. The van der Waals surface area contributed by atoms with Crippen molar-refractivity contribution in [2.24, 2.45) is 0 Å². The maximum atomic E-state index is 11.5. The van der Waals surface area contributed by atoms with Crippen LogP contribution in [0.2, 0.25) is 0 Å². The molecule has 0 saturated carbocycles. The van der Waals surface area contributed by atoms with Gasteiger partial charge in [0.1, 0.15) is 6.04 Å². The molecule has 0 N–H and O–H groups in total. The van der Waals surface area contributed by atoms with E-state index in [1.807, 2.05) is 13.1 Å². The molecular weight excluding hydrogens is 295 g/mol. The molecule has 78 valence electrons. The number of carbonyl (C=O) groups is 1. The molecule has 1 aromatic rings. The summed E-state index contributed by atoms with van der Waals surface area (Å²) in [4.78, 5) is 11.5. The Balaban J connectivity index is 2.76. The van der Waals surface area contributed by atoms with Crippen molar-refractivity contribution in [3.63, 3.8) is 0 Å². The van der Waals surface area contributed by atoms with E-state index in [1.165, 1.54) is 0 Å². The van der Waals surface area contributed by atoms with Crippen LogP contribution in [0.15, 0.2) is 12.4 Å². The van der Waals surface area contributed by atoms with E-state index >= 15 is 0 Å². The molecule has 0 aliphatic rings. The Morgan fingerprint density at radius 3 is 2.86 bits per heavy atom. The van der Waals surface area contributed by atoms with Gasteiger partial charge in [0, 0.05) is 6.20 Å². The molecule has 5 heteroatoms. The van der Waals surface area contributed by atoms with Gasteiger partial charge >= 0.3 is 5.97 Å². The lowest BCUT2D eigenvalue weighted by Gasteiger charge is -2.13. The molecule has 0 aromatic carbocycles. The predicted molar refractivity (Wildman–Crippen MR) is 60.9 cm³/mol. The lowest BCUT2D eigenvalue weighted by Crippen LogP contribution is -2.21. The zero-order valence-corrected chi connectivity index (χ0v) is 10.4. The van der Waals surface area contributed by atoms with Crippen LogP contribution in [0.4, 0.5) is 0 Å². The van der Waals surface area contributed by atoms with Crippen molar-refractivity contribution in [2.75, 3.05) is 6.61 Å². The van der Waals surface area contributed by atoms with E-state index in [0.29, 0.717) is 13.0 Å². The number of aromatic nitrogens is 2. The molecule has 0 radical (unpaired) electrons. The normalized spacial score (nSPS) is 12.5. The summed E-state index contributed by atoms with van der Waals surface area (Å²) in [6.45, 7) is 4.15. The number of rotatable bonds is 4. The number of halogens is 1. The van der Waals surface area contributed by atoms with Gasteiger partial charge in [-0.2, -0.15) is 5.10 Å². The van der Waals surface area contributed by atoms with E-state index < -0.39 is 0 Å². The summed E-state index contributed by atoms with van der Waals surface area (Å²) in [7, 11) is 0. The van der Waals surface area contributed by atoms with Crippen LogP contribution in [0.5, 0.6) is 0 Å². The third-order valence-corrected chi connectivity index (χ3v) is 2.39. The van der Waals surface area contributed by atoms with E-state index in [9.17, 15) is 4.79 Å². The monoisotopic (exact) mass is 308 g/mol. The zero-order valence-electron chi connectivity index (χ0n) is 8.24. The molecule has 0 aliphatic carbocycles. The summed E-state index contributed by atoms with van der Waals surface area (Å²) >= 11 is 2.16. The Morgan fingerprint density at radius 1 is 1.71 bits per heavy atom. The van der Waals surface area contributed by atoms with Crippen LogP contribution in [0.1, 0.15) is 26.3 Å². The molecular formula is C9H13IN2O2. The Labute approximate surface area is 96.8 Å². The fourth-order valence-corrected chi connectivity index (χ4v) is 1.60. The van der Waals surface area contributed by atoms with Crippen LogP contribution >= 0.6 is 22.6 Å². The molecule has 0 amide bonds. The largest absolute Gasteiger partial charge is 0.464 e. The third kappa shape index (κ3) is 2.70. The maximum Gasteiger partial charge on any atom is 0.330 e. The van der Waals surface area contributed by atoms with E-state index in [-0.39, 0.29) is 12.0 Å². The molecule has 14 heavy (non-hydrogen) atoms. The van der Waals surface area contributed by atoms with Gasteiger partial charge in [-0.25, -0.2) is 4.79 Å². The average Bonchev–Trinajstić information content (AvgIpc) is 2.54. The van der Waals surface area contributed by atoms with Crippen molar-refractivity contribution >= 4 is 28.6 Å². The smallest absolute Gasteiger partial charge is 0.330 e. The molecule has 0 aliphatic heterocycles. The Hall–Kier alpha value is -0.590. The summed E-state index contributed by atoms with van der Waals surface area (Å²) in [5.41, 5.74) is 0. The average molecular weight is 308 g/mol. The number of nitrogens with zero attached hydrogens (tertiary/aromatic N) is 2. The first-order chi connectivity index (χ1) is 6.69. The van der Waals surface area contributed by atoms with E-state index in [2.05, 4.69) is 27.7 Å². The lowest BCUT2D eigenvalue weighted by atomic mass is 10.2. The highest BCUT2D eigenvalue weighted by molar-refractivity contribution is 14.1.